The lowest BCUT2D eigenvalue weighted by atomic mass is 10.1. The zero-order valence-corrected chi connectivity index (χ0v) is 9.38. The van der Waals surface area contributed by atoms with Crippen molar-refractivity contribution in [3.63, 3.8) is 0 Å². The average molecular weight is 254 g/mol. The lowest BCUT2D eigenvalue weighted by Gasteiger charge is -1.97. The highest BCUT2D eigenvalue weighted by Gasteiger charge is 2.10. The number of aryl methyl sites for hydroxylation is 1. The van der Waals surface area contributed by atoms with Gasteiger partial charge in [-0.25, -0.2) is 4.98 Å². The monoisotopic (exact) mass is 253 g/mol. The quantitative estimate of drug-likeness (QED) is 0.734. The van der Waals surface area contributed by atoms with Gasteiger partial charge in [0.2, 0.25) is 0 Å². The second-order valence-corrected chi connectivity index (χ2v) is 3.94. The lowest BCUT2D eigenvalue weighted by molar-refractivity contribution is 0.101. The van der Waals surface area contributed by atoms with Crippen LogP contribution in [0.1, 0.15) is 23.2 Å². The van der Waals surface area contributed by atoms with Crippen LogP contribution in [0.15, 0.2) is 21.0 Å². The van der Waals surface area contributed by atoms with E-state index in [1.54, 1.807) is 19.1 Å². The maximum absolute atomic E-state index is 11.2. The lowest BCUT2D eigenvalue weighted by Crippen LogP contribution is -1.92. The molecule has 0 unspecified atom stereocenters. The minimum Gasteiger partial charge on any atom is -0.441 e. The van der Waals surface area contributed by atoms with E-state index < -0.39 is 0 Å². The first-order valence-corrected chi connectivity index (χ1v) is 4.95. The van der Waals surface area contributed by atoms with E-state index in [1.165, 1.54) is 6.92 Å². The Balaban J connectivity index is 2.76. The van der Waals surface area contributed by atoms with Crippen LogP contribution in [-0.2, 0) is 0 Å². The summed E-state index contributed by atoms with van der Waals surface area (Å²) in [7, 11) is 0. The zero-order valence-electron chi connectivity index (χ0n) is 7.80. The normalized spacial score (nSPS) is 10.8. The first kappa shape index (κ1) is 9.40. The third kappa shape index (κ3) is 1.46. The number of aromatic nitrogens is 1. The molecule has 3 nitrogen and oxygen atoms in total. The molecule has 4 heteroatoms. The van der Waals surface area contributed by atoms with Gasteiger partial charge >= 0.3 is 0 Å². The highest BCUT2D eigenvalue weighted by Crippen LogP contribution is 2.25. The summed E-state index contributed by atoms with van der Waals surface area (Å²) in [4.78, 5) is 15.4. The number of carbonyl (C=O) groups excluding carboxylic acids is 1. The number of fused-ring (bicyclic) bond motifs is 1. The summed E-state index contributed by atoms with van der Waals surface area (Å²) < 4.78 is 6.08. The molecule has 0 atom stereocenters. The molecule has 14 heavy (non-hydrogen) atoms. The Morgan fingerprint density at radius 3 is 2.86 bits per heavy atom. The molecule has 1 heterocycles. The summed E-state index contributed by atoms with van der Waals surface area (Å²) in [5, 5.41) is 0. The van der Waals surface area contributed by atoms with E-state index in [0.29, 0.717) is 17.0 Å². The summed E-state index contributed by atoms with van der Waals surface area (Å²) in [6.45, 7) is 3.30. The molecule has 0 aliphatic carbocycles. The standard InChI is InChI=1S/C10H8BrNO2/c1-5(13)7-3-10-9(4-8(7)11)12-6(2)14-10/h3-4H,1-2H3. The molecule has 0 saturated carbocycles. The molecule has 0 radical (unpaired) electrons. The van der Waals surface area contributed by atoms with Crippen LogP contribution in [0.5, 0.6) is 0 Å². The van der Waals surface area contributed by atoms with Crippen molar-refractivity contribution in [2.24, 2.45) is 0 Å². The van der Waals surface area contributed by atoms with Gasteiger partial charge in [0.05, 0.1) is 0 Å². The van der Waals surface area contributed by atoms with Crippen molar-refractivity contribution in [2.45, 2.75) is 13.8 Å². The van der Waals surface area contributed by atoms with Gasteiger partial charge in [-0.3, -0.25) is 4.79 Å². The Morgan fingerprint density at radius 2 is 2.21 bits per heavy atom. The van der Waals surface area contributed by atoms with Crippen LogP contribution >= 0.6 is 15.9 Å². The third-order valence-electron chi connectivity index (χ3n) is 1.96. The highest BCUT2D eigenvalue weighted by molar-refractivity contribution is 9.10. The molecular weight excluding hydrogens is 246 g/mol. The van der Waals surface area contributed by atoms with Gasteiger partial charge in [0.15, 0.2) is 17.3 Å². The number of halogens is 1. The van der Waals surface area contributed by atoms with Gasteiger partial charge in [-0.05, 0) is 35.0 Å². The summed E-state index contributed by atoms with van der Waals surface area (Å²) in [6.07, 6.45) is 0. The van der Waals surface area contributed by atoms with Gasteiger partial charge in [-0.15, -0.1) is 0 Å². The van der Waals surface area contributed by atoms with Crippen LogP contribution in [0.3, 0.4) is 0 Å². The van der Waals surface area contributed by atoms with Gasteiger partial charge < -0.3 is 4.42 Å². The predicted molar refractivity (Wildman–Crippen MR) is 56.5 cm³/mol. The number of rotatable bonds is 1. The number of carbonyl (C=O) groups is 1. The summed E-state index contributed by atoms with van der Waals surface area (Å²) >= 11 is 3.32. The van der Waals surface area contributed by atoms with Crippen LogP contribution < -0.4 is 0 Å². The number of ketones is 1. The topological polar surface area (TPSA) is 43.1 Å². The molecule has 72 valence electrons. The van der Waals surface area contributed by atoms with E-state index in [9.17, 15) is 4.79 Å². The van der Waals surface area contributed by atoms with E-state index in [2.05, 4.69) is 20.9 Å². The minimum atomic E-state index is 0.00725. The second-order valence-electron chi connectivity index (χ2n) is 3.09. The fourth-order valence-corrected chi connectivity index (χ4v) is 1.94. The first-order chi connectivity index (χ1) is 6.58. The Kier molecular flexibility index (Phi) is 2.15. The summed E-state index contributed by atoms with van der Waals surface area (Å²) in [5.41, 5.74) is 2.03. The maximum atomic E-state index is 11.2. The number of nitrogens with zero attached hydrogens (tertiary/aromatic N) is 1. The van der Waals surface area contributed by atoms with E-state index in [-0.39, 0.29) is 5.78 Å². The van der Waals surface area contributed by atoms with Crippen molar-refractivity contribution in [1.29, 1.82) is 0 Å². The molecule has 0 aliphatic rings. The molecular formula is C10H8BrNO2. The number of benzene rings is 1. The van der Waals surface area contributed by atoms with Gasteiger partial charge in [0.1, 0.15) is 5.52 Å². The van der Waals surface area contributed by atoms with E-state index >= 15 is 0 Å². The predicted octanol–water partition coefficient (Wildman–Crippen LogP) is 3.10. The largest absolute Gasteiger partial charge is 0.441 e. The summed E-state index contributed by atoms with van der Waals surface area (Å²) in [6, 6.07) is 3.50. The van der Waals surface area contributed by atoms with Gasteiger partial charge in [0, 0.05) is 17.0 Å². The van der Waals surface area contributed by atoms with Crippen LogP contribution in [-0.4, -0.2) is 10.8 Å². The molecule has 0 aliphatic heterocycles. The van der Waals surface area contributed by atoms with Gasteiger partial charge in [0.25, 0.3) is 0 Å². The van der Waals surface area contributed by atoms with Crippen molar-refractivity contribution in [3.05, 3.63) is 28.1 Å². The summed E-state index contributed by atoms with van der Waals surface area (Å²) in [5.74, 6) is 0.612. The fraction of sp³-hybridized carbons (Fsp3) is 0.200. The Labute approximate surface area is 89.3 Å². The van der Waals surface area contributed by atoms with Crippen LogP contribution in [0.2, 0.25) is 0 Å². The van der Waals surface area contributed by atoms with Crippen LogP contribution in [0.25, 0.3) is 11.1 Å². The molecule has 1 aromatic heterocycles. The smallest absolute Gasteiger partial charge is 0.192 e. The third-order valence-corrected chi connectivity index (χ3v) is 2.62. The second kappa shape index (κ2) is 3.20. The average Bonchev–Trinajstić information content (AvgIpc) is 2.42. The number of hydrogen-bond donors (Lipinski definition) is 0. The molecule has 2 aromatic rings. The van der Waals surface area contributed by atoms with Crippen molar-refractivity contribution in [1.82, 2.24) is 4.98 Å². The van der Waals surface area contributed by atoms with Crippen molar-refractivity contribution in [2.75, 3.05) is 0 Å². The van der Waals surface area contributed by atoms with E-state index in [1.807, 2.05) is 0 Å². The van der Waals surface area contributed by atoms with Gasteiger partial charge in [-0.1, -0.05) is 0 Å². The molecule has 0 amide bonds. The molecule has 0 fully saturated rings. The number of Topliss-reactive ketones (excluding diaryl/α,β-unsaturated/α-hetero) is 1. The molecule has 0 spiro atoms. The van der Waals surface area contributed by atoms with E-state index in [4.69, 9.17) is 4.42 Å². The maximum Gasteiger partial charge on any atom is 0.192 e. The molecule has 0 saturated heterocycles. The number of oxazole rings is 1. The molecule has 0 bridgehead atoms. The van der Waals surface area contributed by atoms with E-state index in [0.717, 1.165) is 9.99 Å². The van der Waals surface area contributed by atoms with Crippen molar-refractivity contribution in [3.8, 4) is 0 Å². The SMILES string of the molecule is CC(=O)c1cc2oc(C)nc2cc1Br. The Morgan fingerprint density at radius 1 is 1.50 bits per heavy atom. The van der Waals surface area contributed by atoms with Crippen LogP contribution in [0, 0.1) is 6.92 Å². The Hall–Kier alpha value is -1.16. The minimum absolute atomic E-state index is 0.00725. The molecule has 0 N–H and O–H groups in total. The van der Waals surface area contributed by atoms with Crippen molar-refractivity contribution >= 4 is 32.8 Å². The Bertz CT molecular complexity index is 516. The zero-order chi connectivity index (χ0) is 10.3. The van der Waals surface area contributed by atoms with Crippen molar-refractivity contribution < 1.29 is 9.21 Å². The number of hydrogen-bond acceptors (Lipinski definition) is 3. The first-order valence-electron chi connectivity index (χ1n) is 4.15. The molecule has 1 aromatic carbocycles. The highest BCUT2D eigenvalue weighted by atomic mass is 79.9. The van der Waals surface area contributed by atoms with Crippen LogP contribution in [0.4, 0.5) is 0 Å². The fourth-order valence-electron chi connectivity index (χ4n) is 1.33. The van der Waals surface area contributed by atoms with Gasteiger partial charge in [-0.2, -0.15) is 0 Å². The molecule has 2 rings (SSSR count).